The molecule has 0 nitrogen and oxygen atoms in total. The third-order valence-electron chi connectivity index (χ3n) is 2.09. The van der Waals surface area contributed by atoms with Crippen LogP contribution in [0.25, 0.3) is 0 Å². The van der Waals surface area contributed by atoms with Gasteiger partial charge in [0.2, 0.25) is 0 Å². The van der Waals surface area contributed by atoms with E-state index >= 15 is 0 Å². The standard InChI is InChI=1S/C13H12BrS2/c14-13-9-8-12(16-13)7-4-10-15-11-5-2-1-3-6-11/h1-6,8-9H,7,10H2. The zero-order valence-electron chi connectivity index (χ0n) is 8.73. The molecule has 1 heterocycles. The Labute approximate surface area is 113 Å². The highest BCUT2D eigenvalue weighted by Gasteiger charge is 1.98. The van der Waals surface area contributed by atoms with E-state index in [0.717, 1.165) is 12.2 Å². The molecule has 2 rings (SSSR count). The van der Waals surface area contributed by atoms with Crippen molar-refractivity contribution in [3.63, 3.8) is 0 Å². The smallest absolute Gasteiger partial charge is 0.0701 e. The lowest BCUT2D eigenvalue weighted by molar-refractivity contribution is 1.19. The molecule has 1 radical (unpaired) electrons. The second-order valence-corrected chi connectivity index (χ2v) is 6.96. The van der Waals surface area contributed by atoms with Gasteiger partial charge in [-0.3, -0.25) is 0 Å². The summed E-state index contributed by atoms with van der Waals surface area (Å²) in [5.74, 6) is 1.07. The van der Waals surface area contributed by atoms with E-state index in [1.54, 1.807) is 0 Å². The summed E-state index contributed by atoms with van der Waals surface area (Å²) in [6.45, 7) is 0. The molecule has 83 valence electrons. The van der Waals surface area contributed by atoms with Crippen LogP contribution in [0.1, 0.15) is 4.88 Å². The highest BCUT2D eigenvalue weighted by atomic mass is 79.9. The molecule has 0 spiro atoms. The van der Waals surface area contributed by atoms with Crippen molar-refractivity contribution in [2.75, 3.05) is 5.75 Å². The van der Waals surface area contributed by atoms with Crippen LogP contribution < -0.4 is 0 Å². The van der Waals surface area contributed by atoms with E-state index in [9.17, 15) is 0 Å². The van der Waals surface area contributed by atoms with E-state index in [1.807, 2.05) is 23.1 Å². The maximum absolute atomic E-state index is 3.48. The van der Waals surface area contributed by atoms with Crippen molar-refractivity contribution in [3.05, 3.63) is 57.5 Å². The molecule has 0 bridgehead atoms. The van der Waals surface area contributed by atoms with E-state index in [4.69, 9.17) is 0 Å². The predicted molar refractivity (Wildman–Crippen MR) is 77.2 cm³/mol. The van der Waals surface area contributed by atoms with Gasteiger partial charge in [0.1, 0.15) is 0 Å². The second kappa shape index (κ2) is 6.48. The van der Waals surface area contributed by atoms with Crippen molar-refractivity contribution >= 4 is 39.0 Å². The molecule has 1 aromatic heterocycles. The molecule has 0 saturated carbocycles. The highest BCUT2D eigenvalue weighted by Crippen LogP contribution is 2.24. The quantitative estimate of drug-likeness (QED) is 0.550. The van der Waals surface area contributed by atoms with Crippen molar-refractivity contribution in [3.8, 4) is 0 Å². The first kappa shape index (κ1) is 12.2. The van der Waals surface area contributed by atoms with Gasteiger partial charge >= 0.3 is 0 Å². The molecule has 0 fully saturated rings. The van der Waals surface area contributed by atoms with Gasteiger partial charge in [-0.1, -0.05) is 18.2 Å². The minimum absolute atomic E-state index is 1.07. The molecule has 0 aliphatic heterocycles. The Kier molecular flexibility index (Phi) is 4.94. The summed E-state index contributed by atoms with van der Waals surface area (Å²) in [7, 11) is 0. The summed E-state index contributed by atoms with van der Waals surface area (Å²) in [6.07, 6.45) is 3.39. The minimum atomic E-state index is 1.07. The molecule has 2 aromatic rings. The number of thioether (sulfide) groups is 1. The lowest BCUT2D eigenvalue weighted by atomic mass is 10.3. The monoisotopic (exact) mass is 311 g/mol. The van der Waals surface area contributed by atoms with E-state index in [-0.39, 0.29) is 0 Å². The lowest BCUT2D eigenvalue weighted by Crippen LogP contribution is -1.85. The SMILES string of the molecule is Brc1ccc(C[CH]CSc2ccccc2)s1. The van der Waals surface area contributed by atoms with Crippen molar-refractivity contribution in [1.29, 1.82) is 0 Å². The zero-order valence-corrected chi connectivity index (χ0v) is 11.9. The molecule has 0 aliphatic carbocycles. The average molecular weight is 312 g/mol. The largest absolute Gasteiger partial charge is 0.133 e. The molecule has 16 heavy (non-hydrogen) atoms. The molecule has 1 aromatic carbocycles. The number of hydrogen-bond acceptors (Lipinski definition) is 2. The van der Waals surface area contributed by atoms with Gasteiger partial charge in [-0.15, -0.1) is 23.1 Å². The Bertz CT molecular complexity index is 423. The van der Waals surface area contributed by atoms with Gasteiger partial charge in [0.15, 0.2) is 0 Å². The molecule has 0 saturated heterocycles. The fourth-order valence-electron chi connectivity index (χ4n) is 1.33. The van der Waals surface area contributed by atoms with Crippen LogP contribution in [0, 0.1) is 6.42 Å². The van der Waals surface area contributed by atoms with Crippen molar-refractivity contribution < 1.29 is 0 Å². The van der Waals surface area contributed by atoms with Crippen LogP contribution in [-0.4, -0.2) is 5.75 Å². The van der Waals surface area contributed by atoms with Crippen LogP contribution in [0.2, 0.25) is 0 Å². The van der Waals surface area contributed by atoms with Gasteiger partial charge in [-0.05, 0) is 53.0 Å². The topological polar surface area (TPSA) is 0 Å². The fourth-order valence-corrected chi connectivity index (χ4v) is 3.59. The van der Waals surface area contributed by atoms with Crippen LogP contribution in [0.4, 0.5) is 0 Å². The van der Waals surface area contributed by atoms with Crippen molar-refractivity contribution in [2.24, 2.45) is 0 Å². The summed E-state index contributed by atoms with van der Waals surface area (Å²) in [6, 6.07) is 14.8. The van der Waals surface area contributed by atoms with E-state index in [2.05, 4.69) is 64.8 Å². The van der Waals surface area contributed by atoms with E-state index in [0.29, 0.717) is 0 Å². The molecule has 0 aliphatic rings. The molecule has 0 unspecified atom stereocenters. The number of hydrogen-bond donors (Lipinski definition) is 0. The number of rotatable bonds is 5. The van der Waals surface area contributed by atoms with Gasteiger partial charge < -0.3 is 0 Å². The van der Waals surface area contributed by atoms with E-state index in [1.165, 1.54) is 13.6 Å². The maximum atomic E-state index is 3.48. The van der Waals surface area contributed by atoms with Crippen LogP contribution in [0.5, 0.6) is 0 Å². The first-order valence-corrected chi connectivity index (χ1v) is 7.68. The lowest BCUT2D eigenvalue weighted by Gasteiger charge is -1.99. The second-order valence-electron chi connectivity index (χ2n) is 3.32. The first-order valence-electron chi connectivity index (χ1n) is 5.08. The Morgan fingerprint density at radius 2 is 1.94 bits per heavy atom. The maximum Gasteiger partial charge on any atom is 0.0701 e. The zero-order chi connectivity index (χ0) is 11.2. The number of halogens is 1. The third-order valence-corrected chi connectivity index (χ3v) is 4.74. The Morgan fingerprint density at radius 3 is 2.62 bits per heavy atom. The van der Waals surface area contributed by atoms with Crippen molar-refractivity contribution in [2.45, 2.75) is 11.3 Å². The first-order chi connectivity index (χ1) is 7.84. The van der Waals surface area contributed by atoms with Crippen LogP contribution in [0.3, 0.4) is 0 Å². The molecule has 3 heteroatoms. The Hall–Kier alpha value is -0.250. The molecule has 0 amide bonds. The molecule has 0 atom stereocenters. The minimum Gasteiger partial charge on any atom is -0.133 e. The summed E-state index contributed by atoms with van der Waals surface area (Å²) < 4.78 is 1.21. The molecular weight excluding hydrogens is 300 g/mol. The van der Waals surface area contributed by atoms with Gasteiger partial charge in [-0.25, -0.2) is 0 Å². The van der Waals surface area contributed by atoms with Crippen LogP contribution in [0.15, 0.2) is 51.1 Å². The van der Waals surface area contributed by atoms with Gasteiger partial charge in [-0.2, -0.15) is 0 Å². The average Bonchev–Trinajstić information content (AvgIpc) is 2.72. The van der Waals surface area contributed by atoms with Crippen LogP contribution >= 0.6 is 39.0 Å². The summed E-state index contributed by atoms with van der Waals surface area (Å²) in [4.78, 5) is 2.76. The van der Waals surface area contributed by atoms with Gasteiger partial charge in [0.05, 0.1) is 3.79 Å². The fraction of sp³-hybridized carbons (Fsp3) is 0.154. The number of benzene rings is 1. The van der Waals surface area contributed by atoms with Crippen molar-refractivity contribution in [1.82, 2.24) is 0 Å². The predicted octanol–water partition coefficient (Wildman–Crippen LogP) is 5.05. The number of thiophene rings is 1. The van der Waals surface area contributed by atoms with Gasteiger partial charge in [0.25, 0.3) is 0 Å². The van der Waals surface area contributed by atoms with Crippen LogP contribution in [-0.2, 0) is 6.42 Å². The Morgan fingerprint density at radius 1 is 1.12 bits per heavy atom. The van der Waals surface area contributed by atoms with E-state index < -0.39 is 0 Å². The normalized spacial score (nSPS) is 10.6. The Balaban J connectivity index is 1.69. The third kappa shape index (κ3) is 3.96. The summed E-state index contributed by atoms with van der Waals surface area (Å²) in [5.41, 5.74) is 0. The summed E-state index contributed by atoms with van der Waals surface area (Å²) in [5, 5.41) is 0. The highest BCUT2D eigenvalue weighted by molar-refractivity contribution is 9.11. The molecule has 0 N–H and O–H groups in total. The molecular formula is C13H12BrS2. The summed E-state index contributed by atoms with van der Waals surface area (Å²) >= 11 is 7.17. The van der Waals surface area contributed by atoms with Gasteiger partial charge in [0, 0.05) is 15.5 Å².